The molecule has 0 atom stereocenters. The number of para-hydroxylation sites is 1. The summed E-state index contributed by atoms with van der Waals surface area (Å²) in [6.07, 6.45) is -2.01. The molecule has 0 saturated heterocycles. The number of hydrogen-bond donors (Lipinski definition) is 1. The molecule has 0 spiro atoms. The summed E-state index contributed by atoms with van der Waals surface area (Å²) < 4.78 is 39.7. The lowest BCUT2D eigenvalue weighted by molar-refractivity contribution is -0.121. The van der Waals surface area contributed by atoms with Gasteiger partial charge in [0.2, 0.25) is 5.95 Å². The Kier molecular flexibility index (Phi) is 2.78. The van der Waals surface area contributed by atoms with E-state index in [0.29, 0.717) is 5.52 Å². The Balaban J connectivity index is 2.14. The van der Waals surface area contributed by atoms with Crippen LogP contribution in [0.15, 0.2) is 42.9 Å². The predicted molar refractivity (Wildman–Crippen MR) is 66.3 cm³/mol. The van der Waals surface area contributed by atoms with Crippen LogP contribution in [0.5, 0.6) is 0 Å². The number of nitrogens with one attached hydrogen (secondary N) is 1. The van der Waals surface area contributed by atoms with Gasteiger partial charge < -0.3 is 4.98 Å². The number of rotatable bonds is 2. The average molecular weight is 279 g/mol. The minimum Gasteiger partial charge on any atom is -0.342 e. The fourth-order valence-corrected chi connectivity index (χ4v) is 1.79. The number of anilines is 2. The van der Waals surface area contributed by atoms with E-state index < -0.39 is 12.2 Å². The lowest BCUT2D eigenvalue weighted by atomic mass is 10.3. The molecule has 3 aromatic rings. The van der Waals surface area contributed by atoms with Gasteiger partial charge in [-0.25, -0.2) is 14.9 Å². The highest BCUT2D eigenvalue weighted by Crippen LogP contribution is 2.34. The SMILES string of the molecule is FC(F)(F)N(c1ccccc1)c1ncc2[nH]cnc2n1. The van der Waals surface area contributed by atoms with Gasteiger partial charge in [0.05, 0.1) is 18.2 Å². The fraction of sp³-hybridized carbons (Fsp3) is 0.0833. The summed E-state index contributed by atoms with van der Waals surface area (Å²) >= 11 is 0. The van der Waals surface area contributed by atoms with Gasteiger partial charge in [-0.2, -0.15) is 4.98 Å². The third-order valence-corrected chi connectivity index (χ3v) is 2.63. The quantitative estimate of drug-likeness (QED) is 0.733. The smallest absolute Gasteiger partial charge is 0.342 e. The van der Waals surface area contributed by atoms with Crippen molar-refractivity contribution in [3.05, 3.63) is 42.9 Å². The number of benzene rings is 1. The zero-order valence-electron chi connectivity index (χ0n) is 9.96. The molecule has 0 bridgehead atoms. The number of aromatic amines is 1. The first-order valence-corrected chi connectivity index (χ1v) is 5.64. The van der Waals surface area contributed by atoms with E-state index in [1.807, 2.05) is 0 Å². The summed E-state index contributed by atoms with van der Waals surface area (Å²) in [4.78, 5) is 14.3. The molecule has 0 amide bonds. The van der Waals surface area contributed by atoms with E-state index >= 15 is 0 Å². The summed E-state index contributed by atoms with van der Waals surface area (Å²) in [6, 6.07) is 7.34. The lowest BCUT2D eigenvalue weighted by Gasteiger charge is -2.24. The molecule has 0 unspecified atom stereocenters. The van der Waals surface area contributed by atoms with E-state index in [0.717, 1.165) is 0 Å². The number of nitrogens with zero attached hydrogens (tertiary/aromatic N) is 4. The van der Waals surface area contributed by atoms with Crippen molar-refractivity contribution < 1.29 is 13.2 Å². The van der Waals surface area contributed by atoms with Crippen LogP contribution in [-0.4, -0.2) is 26.2 Å². The monoisotopic (exact) mass is 279 g/mol. The van der Waals surface area contributed by atoms with E-state index in [9.17, 15) is 13.2 Å². The molecule has 0 aliphatic heterocycles. The molecule has 0 fully saturated rings. The first-order chi connectivity index (χ1) is 9.55. The van der Waals surface area contributed by atoms with E-state index in [-0.39, 0.29) is 16.2 Å². The molecule has 1 aromatic carbocycles. The second kappa shape index (κ2) is 4.48. The summed E-state index contributed by atoms with van der Waals surface area (Å²) in [5.41, 5.74) is 0.596. The molecule has 0 radical (unpaired) electrons. The van der Waals surface area contributed by atoms with E-state index in [1.54, 1.807) is 6.07 Å². The number of halogens is 3. The van der Waals surface area contributed by atoms with Gasteiger partial charge in [0, 0.05) is 0 Å². The maximum Gasteiger partial charge on any atom is 0.491 e. The van der Waals surface area contributed by atoms with Crippen LogP contribution in [0.25, 0.3) is 11.2 Å². The largest absolute Gasteiger partial charge is 0.491 e. The second-order valence-corrected chi connectivity index (χ2v) is 3.95. The van der Waals surface area contributed by atoms with Crippen molar-refractivity contribution in [2.45, 2.75) is 6.30 Å². The Morgan fingerprint density at radius 3 is 2.50 bits per heavy atom. The van der Waals surface area contributed by atoms with Crippen LogP contribution in [0.4, 0.5) is 24.8 Å². The number of alkyl halides is 3. The number of hydrogen-bond acceptors (Lipinski definition) is 4. The highest BCUT2D eigenvalue weighted by atomic mass is 19.4. The van der Waals surface area contributed by atoms with Crippen LogP contribution in [-0.2, 0) is 0 Å². The summed E-state index contributed by atoms with van der Waals surface area (Å²) in [7, 11) is 0. The molecule has 3 rings (SSSR count). The highest BCUT2D eigenvalue weighted by molar-refractivity contribution is 5.71. The lowest BCUT2D eigenvalue weighted by Crippen LogP contribution is -2.35. The average Bonchev–Trinajstić information content (AvgIpc) is 2.86. The van der Waals surface area contributed by atoms with Gasteiger partial charge in [0.25, 0.3) is 0 Å². The fourth-order valence-electron chi connectivity index (χ4n) is 1.79. The van der Waals surface area contributed by atoms with Crippen molar-refractivity contribution in [1.29, 1.82) is 0 Å². The van der Waals surface area contributed by atoms with Crippen LogP contribution in [0.3, 0.4) is 0 Å². The molecule has 8 heteroatoms. The minimum atomic E-state index is -4.63. The van der Waals surface area contributed by atoms with Crippen LogP contribution >= 0.6 is 0 Å². The first-order valence-electron chi connectivity index (χ1n) is 5.64. The normalized spacial score (nSPS) is 11.8. The summed E-state index contributed by atoms with van der Waals surface area (Å²) in [6.45, 7) is 0. The Morgan fingerprint density at radius 1 is 1.05 bits per heavy atom. The van der Waals surface area contributed by atoms with E-state index in [2.05, 4.69) is 19.9 Å². The number of H-pyrrole nitrogens is 1. The van der Waals surface area contributed by atoms with Crippen molar-refractivity contribution in [2.75, 3.05) is 4.90 Å². The molecular weight excluding hydrogens is 271 g/mol. The maximum atomic E-state index is 13.2. The third kappa shape index (κ3) is 2.15. The third-order valence-electron chi connectivity index (χ3n) is 2.63. The molecule has 5 nitrogen and oxygen atoms in total. The van der Waals surface area contributed by atoms with Crippen LogP contribution in [0, 0.1) is 0 Å². The zero-order valence-corrected chi connectivity index (χ0v) is 9.96. The van der Waals surface area contributed by atoms with Gasteiger partial charge >= 0.3 is 6.30 Å². The predicted octanol–water partition coefficient (Wildman–Crippen LogP) is 3.01. The first kappa shape index (κ1) is 12.4. The van der Waals surface area contributed by atoms with Crippen molar-refractivity contribution in [3.8, 4) is 0 Å². The molecule has 102 valence electrons. The minimum absolute atomic E-state index is 0.0603. The molecule has 0 aliphatic rings. The number of imidazole rings is 1. The van der Waals surface area contributed by atoms with Crippen molar-refractivity contribution in [2.24, 2.45) is 0 Å². The molecule has 0 aliphatic carbocycles. The van der Waals surface area contributed by atoms with Crippen molar-refractivity contribution >= 4 is 22.8 Å². The van der Waals surface area contributed by atoms with Crippen molar-refractivity contribution in [1.82, 2.24) is 19.9 Å². The Hall–Kier alpha value is -2.64. The molecular formula is C12H8F3N5. The molecule has 1 N–H and O–H groups in total. The number of fused-ring (bicyclic) bond motifs is 1. The standard InChI is InChI=1S/C12H8F3N5/c13-12(14,15)20(8-4-2-1-3-5-8)11-16-6-9-10(19-11)18-7-17-9/h1-7H,(H,16,17,18,19). The second-order valence-electron chi connectivity index (χ2n) is 3.95. The zero-order chi connectivity index (χ0) is 14.2. The maximum absolute atomic E-state index is 13.2. The van der Waals surface area contributed by atoms with Gasteiger partial charge in [-0.15, -0.1) is 13.2 Å². The van der Waals surface area contributed by atoms with Crippen LogP contribution in [0.2, 0.25) is 0 Å². The van der Waals surface area contributed by atoms with Gasteiger partial charge in [0.15, 0.2) is 5.65 Å². The van der Waals surface area contributed by atoms with Crippen LogP contribution in [0.1, 0.15) is 0 Å². The Labute approximate surface area is 111 Å². The molecule has 20 heavy (non-hydrogen) atoms. The number of aromatic nitrogens is 4. The Bertz CT molecular complexity index is 723. The van der Waals surface area contributed by atoms with Crippen LogP contribution < -0.4 is 4.90 Å². The highest BCUT2D eigenvalue weighted by Gasteiger charge is 2.40. The topological polar surface area (TPSA) is 57.7 Å². The van der Waals surface area contributed by atoms with E-state index in [1.165, 1.54) is 36.8 Å². The van der Waals surface area contributed by atoms with Gasteiger partial charge in [-0.1, -0.05) is 18.2 Å². The van der Waals surface area contributed by atoms with E-state index in [4.69, 9.17) is 0 Å². The molecule has 2 heterocycles. The summed E-state index contributed by atoms with van der Waals surface area (Å²) in [5.74, 6) is -0.469. The van der Waals surface area contributed by atoms with Gasteiger partial charge in [0.1, 0.15) is 5.52 Å². The van der Waals surface area contributed by atoms with Gasteiger partial charge in [-0.3, -0.25) is 0 Å². The van der Waals surface area contributed by atoms with Gasteiger partial charge in [-0.05, 0) is 12.1 Å². The summed E-state index contributed by atoms with van der Waals surface area (Å²) in [5, 5.41) is 0. The molecule has 2 aromatic heterocycles. The molecule has 0 saturated carbocycles. The Morgan fingerprint density at radius 2 is 1.80 bits per heavy atom. The van der Waals surface area contributed by atoms with Crippen molar-refractivity contribution in [3.63, 3.8) is 0 Å².